The van der Waals surface area contributed by atoms with E-state index in [1.807, 2.05) is 35.9 Å². The van der Waals surface area contributed by atoms with Gasteiger partial charge in [0.2, 0.25) is 4.80 Å². The predicted octanol–water partition coefficient (Wildman–Crippen LogP) is 5.15. The fourth-order valence-electron chi connectivity index (χ4n) is 2.10. The van der Waals surface area contributed by atoms with Crippen LogP contribution in [0.25, 0.3) is 10.6 Å². The Morgan fingerprint density at radius 3 is 2.79 bits per heavy atom. The molecule has 24 heavy (non-hydrogen) atoms. The highest BCUT2D eigenvalue weighted by Crippen LogP contribution is 2.26. The summed E-state index contributed by atoms with van der Waals surface area (Å²) in [5, 5.41) is 8.94. The summed E-state index contributed by atoms with van der Waals surface area (Å²) in [5.74, 6) is 0.797. The van der Waals surface area contributed by atoms with Gasteiger partial charge in [0.15, 0.2) is 0 Å². The highest BCUT2D eigenvalue weighted by atomic mass is 32.1. The minimum atomic E-state index is 0.797. The van der Waals surface area contributed by atoms with Crippen LogP contribution < -0.4 is 9.54 Å². The highest BCUT2D eigenvalue weighted by Gasteiger charge is 2.09. The SMILES string of the molecule is CCC(C)=Nn1c(-c2cccs2)csc1=Nc1cccc(OC)c1. The quantitative estimate of drug-likeness (QED) is 0.582. The van der Waals surface area contributed by atoms with Crippen molar-refractivity contribution in [1.29, 1.82) is 0 Å². The average Bonchev–Trinajstić information content (AvgIpc) is 3.25. The molecule has 0 saturated heterocycles. The second-order valence-corrected chi connectivity index (χ2v) is 6.98. The topological polar surface area (TPSA) is 38.9 Å². The van der Waals surface area contributed by atoms with Crippen LogP contribution in [0.15, 0.2) is 57.3 Å². The number of nitrogens with zero attached hydrogens (tertiary/aromatic N) is 3. The molecule has 1 aromatic carbocycles. The lowest BCUT2D eigenvalue weighted by Gasteiger charge is -2.03. The minimum Gasteiger partial charge on any atom is -0.497 e. The molecule has 0 saturated carbocycles. The van der Waals surface area contributed by atoms with Gasteiger partial charge in [-0.25, -0.2) is 9.67 Å². The van der Waals surface area contributed by atoms with Gasteiger partial charge in [-0.05, 0) is 36.9 Å². The molecule has 3 rings (SSSR count). The Balaban J connectivity index is 2.15. The molecule has 0 amide bonds. The van der Waals surface area contributed by atoms with Crippen molar-refractivity contribution in [3.63, 3.8) is 0 Å². The normalized spacial score (nSPS) is 12.6. The van der Waals surface area contributed by atoms with Crippen LogP contribution in [-0.4, -0.2) is 17.5 Å². The number of ether oxygens (including phenoxy) is 1. The lowest BCUT2D eigenvalue weighted by Crippen LogP contribution is -2.12. The van der Waals surface area contributed by atoms with E-state index in [1.54, 1.807) is 29.8 Å². The molecule has 0 N–H and O–H groups in total. The molecule has 0 spiro atoms. The number of hydrogen-bond acceptors (Lipinski definition) is 5. The number of methoxy groups -OCH3 is 1. The monoisotopic (exact) mass is 357 g/mol. The molecule has 0 aliphatic heterocycles. The molecular weight excluding hydrogens is 338 g/mol. The van der Waals surface area contributed by atoms with Gasteiger partial charge >= 0.3 is 0 Å². The van der Waals surface area contributed by atoms with Crippen LogP contribution in [0, 0.1) is 0 Å². The zero-order valence-corrected chi connectivity index (χ0v) is 15.5. The maximum atomic E-state index is 5.28. The van der Waals surface area contributed by atoms with E-state index in [1.165, 1.54) is 4.88 Å². The Morgan fingerprint density at radius 2 is 2.08 bits per heavy atom. The first kappa shape index (κ1) is 16.7. The maximum Gasteiger partial charge on any atom is 0.211 e. The fourth-order valence-corrected chi connectivity index (χ4v) is 3.74. The van der Waals surface area contributed by atoms with E-state index in [0.717, 1.165) is 34.1 Å². The largest absolute Gasteiger partial charge is 0.497 e. The van der Waals surface area contributed by atoms with Gasteiger partial charge in [-0.2, -0.15) is 5.10 Å². The third-order valence-corrected chi connectivity index (χ3v) is 5.23. The van der Waals surface area contributed by atoms with Crippen LogP contribution in [0.2, 0.25) is 0 Å². The Hall–Kier alpha value is -2.18. The standard InChI is InChI=1S/C18H19N3OS2/c1-4-13(2)20-21-16(17-9-6-10-23-17)12-24-18(21)19-14-7-5-8-15(11-14)22-3/h5-12H,4H2,1-3H3. The van der Waals surface area contributed by atoms with Crippen LogP contribution in [0.5, 0.6) is 5.75 Å². The van der Waals surface area contributed by atoms with Gasteiger partial charge in [0.05, 0.1) is 23.4 Å². The van der Waals surface area contributed by atoms with Crippen LogP contribution in [0.1, 0.15) is 20.3 Å². The van der Waals surface area contributed by atoms with E-state index in [9.17, 15) is 0 Å². The first-order chi connectivity index (χ1) is 11.7. The summed E-state index contributed by atoms with van der Waals surface area (Å²) in [5.41, 5.74) is 3.00. The number of hydrogen-bond donors (Lipinski definition) is 0. The van der Waals surface area contributed by atoms with Crippen molar-refractivity contribution in [2.24, 2.45) is 10.1 Å². The van der Waals surface area contributed by atoms with E-state index >= 15 is 0 Å². The van der Waals surface area contributed by atoms with E-state index in [2.05, 4.69) is 29.8 Å². The van der Waals surface area contributed by atoms with Crippen LogP contribution in [-0.2, 0) is 0 Å². The summed E-state index contributed by atoms with van der Waals surface area (Å²) in [6.07, 6.45) is 0.908. The van der Waals surface area contributed by atoms with Gasteiger partial charge in [-0.15, -0.1) is 22.7 Å². The van der Waals surface area contributed by atoms with Gasteiger partial charge in [-0.1, -0.05) is 19.1 Å². The number of thiazole rings is 1. The summed E-state index contributed by atoms with van der Waals surface area (Å²) in [6.45, 7) is 4.15. The zero-order chi connectivity index (χ0) is 16.9. The fraction of sp³-hybridized carbons (Fsp3) is 0.222. The lowest BCUT2D eigenvalue weighted by atomic mass is 10.3. The minimum absolute atomic E-state index is 0.797. The highest BCUT2D eigenvalue weighted by molar-refractivity contribution is 7.14. The van der Waals surface area contributed by atoms with Gasteiger partial charge in [0.25, 0.3) is 0 Å². The molecule has 0 aliphatic rings. The van der Waals surface area contributed by atoms with Crippen molar-refractivity contribution in [3.05, 3.63) is 52.0 Å². The van der Waals surface area contributed by atoms with Crippen molar-refractivity contribution in [2.45, 2.75) is 20.3 Å². The van der Waals surface area contributed by atoms with Gasteiger partial charge in [0.1, 0.15) is 5.75 Å². The number of thiophene rings is 1. The number of benzene rings is 1. The van der Waals surface area contributed by atoms with Gasteiger partial charge in [-0.3, -0.25) is 0 Å². The van der Waals surface area contributed by atoms with Crippen molar-refractivity contribution >= 4 is 34.1 Å². The molecule has 2 heterocycles. The number of aromatic nitrogens is 1. The zero-order valence-electron chi connectivity index (χ0n) is 13.9. The third kappa shape index (κ3) is 3.66. The summed E-state index contributed by atoms with van der Waals surface area (Å²) >= 11 is 3.30. The molecule has 4 nitrogen and oxygen atoms in total. The molecule has 0 atom stereocenters. The smallest absolute Gasteiger partial charge is 0.211 e. The van der Waals surface area contributed by atoms with E-state index in [0.29, 0.717) is 0 Å². The van der Waals surface area contributed by atoms with E-state index in [4.69, 9.17) is 14.8 Å². The molecule has 0 aliphatic carbocycles. The average molecular weight is 358 g/mol. The Bertz CT molecular complexity index is 904. The van der Waals surface area contributed by atoms with Crippen molar-refractivity contribution < 1.29 is 4.74 Å². The Labute approximate surface area is 149 Å². The summed E-state index contributed by atoms with van der Waals surface area (Å²) in [4.78, 5) is 6.80. The molecule has 2 aromatic heterocycles. The second kappa shape index (κ2) is 7.59. The third-order valence-electron chi connectivity index (χ3n) is 3.52. The molecule has 3 aromatic rings. The summed E-state index contributed by atoms with van der Waals surface area (Å²) < 4.78 is 7.22. The first-order valence-corrected chi connectivity index (χ1v) is 9.45. The van der Waals surface area contributed by atoms with Crippen molar-refractivity contribution in [3.8, 4) is 16.3 Å². The molecule has 0 radical (unpaired) electrons. The molecular formula is C18H19N3OS2. The lowest BCUT2D eigenvalue weighted by molar-refractivity contribution is 0.415. The molecule has 0 unspecified atom stereocenters. The van der Waals surface area contributed by atoms with E-state index < -0.39 is 0 Å². The van der Waals surface area contributed by atoms with Gasteiger partial charge in [0, 0.05) is 17.2 Å². The Morgan fingerprint density at radius 1 is 1.21 bits per heavy atom. The number of rotatable bonds is 5. The molecule has 124 valence electrons. The van der Waals surface area contributed by atoms with Crippen molar-refractivity contribution in [1.82, 2.24) is 4.68 Å². The van der Waals surface area contributed by atoms with Gasteiger partial charge < -0.3 is 4.74 Å². The first-order valence-electron chi connectivity index (χ1n) is 7.69. The Kier molecular flexibility index (Phi) is 5.27. The maximum absolute atomic E-state index is 5.28. The van der Waals surface area contributed by atoms with Crippen LogP contribution in [0.4, 0.5) is 5.69 Å². The molecule has 6 heteroatoms. The van der Waals surface area contributed by atoms with E-state index in [-0.39, 0.29) is 0 Å². The molecule has 0 fully saturated rings. The van der Waals surface area contributed by atoms with Crippen LogP contribution in [0.3, 0.4) is 0 Å². The summed E-state index contributed by atoms with van der Waals surface area (Å²) in [6, 6.07) is 11.9. The molecule has 0 bridgehead atoms. The predicted molar refractivity (Wildman–Crippen MR) is 103 cm³/mol. The summed E-state index contributed by atoms with van der Waals surface area (Å²) in [7, 11) is 1.66. The van der Waals surface area contributed by atoms with Crippen molar-refractivity contribution in [2.75, 3.05) is 7.11 Å². The van der Waals surface area contributed by atoms with Crippen LogP contribution >= 0.6 is 22.7 Å². The second-order valence-electron chi connectivity index (χ2n) is 5.19.